The maximum absolute atomic E-state index is 12.1. The predicted molar refractivity (Wildman–Crippen MR) is 105 cm³/mol. The SMILES string of the molecule is CC(=O)N(C[C@@H]1OC(c2ccc(Cl)cc2Cl)=NN1C(C)=O)c1ccccc1. The fourth-order valence-electron chi connectivity index (χ4n) is 2.71. The van der Waals surface area contributed by atoms with E-state index in [1.807, 2.05) is 30.3 Å². The molecule has 0 fully saturated rings. The van der Waals surface area contributed by atoms with Crippen molar-refractivity contribution in [1.82, 2.24) is 5.01 Å². The lowest BCUT2D eigenvalue weighted by atomic mass is 10.2. The van der Waals surface area contributed by atoms with Crippen LogP contribution in [0.15, 0.2) is 53.6 Å². The van der Waals surface area contributed by atoms with Gasteiger partial charge in [0, 0.05) is 24.6 Å². The Kier molecular flexibility index (Phi) is 5.68. The number of hydrazone groups is 1. The van der Waals surface area contributed by atoms with E-state index >= 15 is 0 Å². The Bertz CT molecular complexity index is 902. The van der Waals surface area contributed by atoms with Gasteiger partial charge in [0.05, 0.1) is 17.1 Å². The van der Waals surface area contributed by atoms with Gasteiger partial charge in [-0.2, -0.15) is 5.01 Å². The normalized spacial score (nSPS) is 15.9. The van der Waals surface area contributed by atoms with E-state index in [9.17, 15) is 9.59 Å². The number of carbonyl (C=O) groups excluding carboxylic acids is 2. The van der Waals surface area contributed by atoms with Crippen molar-refractivity contribution in [3.8, 4) is 0 Å². The number of halogens is 2. The van der Waals surface area contributed by atoms with Crippen LogP contribution in [0.5, 0.6) is 0 Å². The van der Waals surface area contributed by atoms with Gasteiger partial charge in [-0.15, -0.1) is 5.10 Å². The summed E-state index contributed by atoms with van der Waals surface area (Å²) in [7, 11) is 0. The van der Waals surface area contributed by atoms with Crippen molar-refractivity contribution in [2.45, 2.75) is 20.1 Å². The van der Waals surface area contributed by atoms with Crippen LogP contribution in [0.3, 0.4) is 0 Å². The number of rotatable bonds is 4. The zero-order valence-electron chi connectivity index (χ0n) is 14.7. The summed E-state index contributed by atoms with van der Waals surface area (Å²) in [6.45, 7) is 2.96. The summed E-state index contributed by atoms with van der Waals surface area (Å²) < 4.78 is 5.88. The van der Waals surface area contributed by atoms with E-state index in [4.69, 9.17) is 27.9 Å². The van der Waals surface area contributed by atoms with E-state index in [1.54, 1.807) is 18.2 Å². The highest BCUT2D eigenvalue weighted by molar-refractivity contribution is 6.36. The molecule has 1 aliphatic heterocycles. The molecule has 1 aliphatic rings. The molecular weight excluding hydrogens is 389 g/mol. The molecule has 2 aromatic carbocycles. The fraction of sp³-hybridized carbons (Fsp3) is 0.211. The van der Waals surface area contributed by atoms with Crippen molar-refractivity contribution in [2.75, 3.05) is 11.4 Å². The van der Waals surface area contributed by atoms with Gasteiger partial charge < -0.3 is 9.64 Å². The third-order valence-corrected chi connectivity index (χ3v) is 4.54. The van der Waals surface area contributed by atoms with Crippen LogP contribution in [0.4, 0.5) is 5.69 Å². The van der Waals surface area contributed by atoms with Gasteiger partial charge in [0.15, 0.2) is 0 Å². The predicted octanol–water partition coefficient (Wildman–Crippen LogP) is 3.91. The van der Waals surface area contributed by atoms with E-state index in [-0.39, 0.29) is 24.3 Å². The summed E-state index contributed by atoms with van der Waals surface area (Å²) in [6, 6.07) is 14.0. The second kappa shape index (κ2) is 7.98. The van der Waals surface area contributed by atoms with Gasteiger partial charge in [-0.3, -0.25) is 9.59 Å². The third-order valence-electron chi connectivity index (χ3n) is 3.99. The Morgan fingerprint density at radius 1 is 1.15 bits per heavy atom. The van der Waals surface area contributed by atoms with Gasteiger partial charge in [0.1, 0.15) is 0 Å². The lowest BCUT2D eigenvalue weighted by Gasteiger charge is -2.27. The van der Waals surface area contributed by atoms with Crippen LogP contribution in [-0.4, -0.2) is 35.5 Å². The summed E-state index contributed by atoms with van der Waals surface area (Å²) >= 11 is 12.2. The minimum atomic E-state index is -0.770. The van der Waals surface area contributed by atoms with Crippen LogP contribution in [-0.2, 0) is 14.3 Å². The first-order valence-electron chi connectivity index (χ1n) is 8.20. The molecule has 0 radical (unpaired) electrons. The van der Waals surface area contributed by atoms with Crippen molar-refractivity contribution in [2.24, 2.45) is 5.10 Å². The Hall–Kier alpha value is -2.57. The average Bonchev–Trinajstić information content (AvgIpc) is 3.04. The largest absolute Gasteiger partial charge is 0.448 e. The minimum absolute atomic E-state index is 0.122. The highest BCUT2D eigenvalue weighted by atomic mass is 35.5. The molecule has 6 nitrogen and oxygen atoms in total. The smallest absolute Gasteiger partial charge is 0.243 e. The summed E-state index contributed by atoms with van der Waals surface area (Å²) in [4.78, 5) is 25.7. The summed E-state index contributed by atoms with van der Waals surface area (Å²) in [6.07, 6.45) is -0.770. The van der Waals surface area contributed by atoms with Gasteiger partial charge in [0.25, 0.3) is 0 Å². The Balaban J connectivity index is 1.87. The van der Waals surface area contributed by atoms with Gasteiger partial charge in [-0.25, -0.2) is 0 Å². The summed E-state index contributed by atoms with van der Waals surface area (Å²) in [5, 5.41) is 6.29. The number of hydrogen-bond acceptors (Lipinski definition) is 4. The summed E-state index contributed by atoms with van der Waals surface area (Å²) in [5.41, 5.74) is 1.22. The van der Waals surface area contributed by atoms with Gasteiger partial charge >= 0.3 is 0 Å². The maximum atomic E-state index is 12.1. The Morgan fingerprint density at radius 2 is 1.85 bits per heavy atom. The van der Waals surface area contributed by atoms with Crippen molar-refractivity contribution in [1.29, 1.82) is 0 Å². The van der Waals surface area contributed by atoms with E-state index in [1.165, 1.54) is 23.8 Å². The number of carbonyl (C=O) groups is 2. The van der Waals surface area contributed by atoms with Gasteiger partial charge in [0.2, 0.25) is 23.9 Å². The van der Waals surface area contributed by atoms with E-state index in [0.717, 1.165) is 0 Å². The van der Waals surface area contributed by atoms with Crippen LogP contribution < -0.4 is 4.90 Å². The van der Waals surface area contributed by atoms with Crippen molar-refractivity contribution in [3.05, 3.63) is 64.1 Å². The molecule has 2 amide bonds. The molecule has 0 aliphatic carbocycles. The maximum Gasteiger partial charge on any atom is 0.243 e. The molecule has 0 bridgehead atoms. The molecule has 140 valence electrons. The standard InChI is InChI=1S/C19H17Cl2N3O3/c1-12(25)23(15-6-4-3-5-7-15)11-18-24(13(2)26)22-19(27-18)16-9-8-14(20)10-17(16)21/h3-10,18H,11H2,1-2H3/t18-/m0/s1. The molecule has 0 aromatic heterocycles. The zero-order valence-corrected chi connectivity index (χ0v) is 16.2. The average molecular weight is 406 g/mol. The molecule has 0 N–H and O–H groups in total. The molecular formula is C19H17Cl2N3O3. The lowest BCUT2D eigenvalue weighted by Crippen LogP contribution is -2.44. The molecule has 0 saturated heterocycles. The highest BCUT2D eigenvalue weighted by Crippen LogP contribution is 2.27. The number of benzene rings is 2. The molecule has 0 saturated carbocycles. The van der Waals surface area contributed by atoms with Gasteiger partial charge in [-0.1, -0.05) is 41.4 Å². The van der Waals surface area contributed by atoms with Crippen molar-refractivity contribution >= 4 is 46.6 Å². The third kappa shape index (κ3) is 4.23. The van der Waals surface area contributed by atoms with E-state index < -0.39 is 6.23 Å². The fourth-order valence-corrected chi connectivity index (χ4v) is 3.20. The van der Waals surface area contributed by atoms with Crippen LogP contribution in [0.2, 0.25) is 10.0 Å². The summed E-state index contributed by atoms with van der Waals surface area (Å²) in [5.74, 6) is -0.281. The second-order valence-corrected chi connectivity index (χ2v) is 6.77. The molecule has 1 heterocycles. The molecule has 0 spiro atoms. The molecule has 8 heteroatoms. The molecule has 27 heavy (non-hydrogen) atoms. The van der Waals surface area contributed by atoms with E-state index in [2.05, 4.69) is 5.10 Å². The molecule has 0 unspecified atom stereocenters. The number of nitrogens with zero attached hydrogens (tertiary/aromatic N) is 3. The molecule has 1 atom stereocenters. The number of hydrogen-bond donors (Lipinski definition) is 0. The van der Waals surface area contributed by atoms with Crippen LogP contribution in [0.25, 0.3) is 0 Å². The number of amides is 2. The van der Waals surface area contributed by atoms with Gasteiger partial charge in [-0.05, 0) is 30.3 Å². The van der Waals surface area contributed by atoms with Crippen LogP contribution >= 0.6 is 23.2 Å². The minimum Gasteiger partial charge on any atom is -0.448 e. The number of ether oxygens (including phenoxy) is 1. The Morgan fingerprint density at radius 3 is 2.44 bits per heavy atom. The zero-order chi connectivity index (χ0) is 19.6. The van der Waals surface area contributed by atoms with Crippen molar-refractivity contribution in [3.63, 3.8) is 0 Å². The lowest BCUT2D eigenvalue weighted by molar-refractivity contribution is -0.135. The van der Waals surface area contributed by atoms with Crippen LogP contribution in [0, 0.1) is 0 Å². The van der Waals surface area contributed by atoms with Crippen molar-refractivity contribution < 1.29 is 14.3 Å². The first-order chi connectivity index (χ1) is 12.9. The molecule has 2 aromatic rings. The Labute approximate surface area is 166 Å². The van der Waals surface area contributed by atoms with Crippen LogP contribution in [0.1, 0.15) is 19.4 Å². The second-order valence-electron chi connectivity index (χ2n) is 5.93. The first kappa shape index (κ1) is 19.2. The number of anilines is 1. The monoisotopic (exact) mass is 405 g/mol. The quantitative estimate of drug-likeness (QED) is 0.774. The highest BCUT2D eigenvalue weighted by Gasteiger charge is 2.34. The number of para-hydroxylation sites is 1. The molecule has 3 rings (SSSR count). The first-order valence-corrected chi connectivity index (χ1v) is 8.96. The topological polar surface area (TPSA) is 62.2 Å². The van der Waals surface area contributed by atoms with E-state index in [0.29, 0.717) is 21.3 Å².